The molecule has 0 aromatic heterocycles. The molecule has 0 amide bonds. The summed E-state index contributed by atoms with van der Waals surface area (Å²) in [6.07, 6.45) is 0.974. The number of ether oxygens (including phenoxy) is 1. The molecule has 0 spiro atoms. The van der Waals surface area contributed by atoms with Crippen LogP contribution >= 0.6 is 0 Å². The summed E-state index contributed by atoms with van der Waals surface area (Å²) in [5.41, 5.74) is 3.72. The molecule has 0 aliphatic carbocycles. The Morgan fingerprint density at radius 1 is 1.00 bits per heavy atom. The molecule has 0 bridgehead atoms. The fourth-order valence-electron chi connectivity index (χ4n) is 2.13. The smallest absolute Gasteiger partial charge is 0.132 e. The van der Waals surface area contributed by atoms with Gasteiger partial charge in [-0.25, -0.2) is 0 Å². The van der Waals surface area contributed by atoms with Gasteiger partial charge in [-0.3, -0.25) is 0 Å². The number of nitrogens with one attached hydrogen (secondary N) is 1. The van der Waals surface area contributed by atoms with Crippen molar-refractivity contribution in [3.8, 4) is 0 Å². The summed E-state index contributed by atoms with van der Waals surface area (Å²) in [7, 11) is 0. The van der Waals surface area contributed by atoms with Gasteiger partial charge in [0.1, 0.15) is 6.23 Å². The molecule has 1 N–H and O–H groups in total. The summed E-state index contributed by atoms with van der Waals surface area (Å²) in [5.74, 6) is 0. The van der Waals surface area contributed by atoms with Crippen LogP contribution in [0.4, 0.5) is 5.69 Å². The zero-order chi connectivity index (χ0) is 11.5. The van der Waals surface area contributed by atoms with Crippen molar-refractivity contribution in [1.82, 2.24) is 0 Å². The number of fused-ring (bicyclic) bond motifs is 1. The van der Waals surface area contributed by atoms with Crippen molar-refractivity contribution in [3.63, 3.8) is 0 Å². The zero-order valence-electron chi connectivity index (χ0n) is 9.60. The van der Waals surface area contributed by atoms with Gasteiger partial charge < -0.3 is 10.1 Å². The van der Waals surface area contributed by atoms with E-state index in [1.165, 1.54) is 16.8 Å². The lowest BCUT2D eigenvalue weighted by atomic mass is 10.1. The summed E-state index contributed by atoms with van der Waals surface area (Å²) in [6.45, 7) is 0.695. The summed E-state index contributed by atoms with van der Waals surface area (Å²) in [6, 6.07) is 18.7. The van der Waals surface area contributed by atoms with E-state index >= 15 is 0 Å². The lowest BCUT2D eigenvalue weighted by molar-refractivity contribution is 0.0517. The van der Waals surface area contributed by atoms with Gasteiger partial charge >= 0.3 is 0 Å². The largest absolute Gasteiger partial charge is 0.360 e. The second-order valence-corrected chi connectivity index (χ2v) is 4.29. The Bertz CT molecular complexity index is 495. The lowest BCUT2D eigenvalue weighted by Crippen LogP contribution is -2.29. The van der Waals surface area contributed by atoms with Gasteiger partial charge in [0.2, 0.25) is 0 Å². The van der Waals surface area contributed by atoms with Gasteiger partial charge in [0, 0.05) is 17.7 Å². The predicted molar refractivity (Wildman–Crippen MR) is 68.8 cm³/mol. The standard InChI is InChI=1S/C15H15NO/c1-2-6-12(7-3-1)10-15-16-14-9-5-4-8-13(14)11-17-15/h1-9,15-16H,10-11H2. The minimum Gasteiger partial charge on any atom is -0.360 e. The van der Waals surface area contributed by atoms with E-state index in [1.807, 2.05) is 12.1 Å². The van der Waals surface area contributed by atoms with Gasteiger partial charge in [-0.1, -0.05) is 48.5 Å². The Balaban J connectivity index is 1.72. The molecule has 1 aliphatic rings. The monoisotopic (exact) mass is 225 g/mol. The SMILES string of the molecule is c1ccc(CC2Nc3ccccc3CO2)cc1. The maximum Gasteiger partial charge on any atom is 0.132 e. The van der Waals surface area contributed by atoms with E-state index in [0.717, 1.165) is 6.42 Å². The van der Waals surface area contributed by atoms with Gasteiger partial charge in [0.25, 0.3) is 0 Å². The number of hydrogen-bond donors (Lipinski definition) is 1. The Labute approximate surface area is 101 Å². The molecule has 2 heteroatoms. The van der Waals surface area contributed by atoms with Gasteiger partial charge in [0.15, 0.2) is 0 Å². The number of rotatable bonds is 2. The second kappa shape index (κ2) is 4.60. The quantitative estimate of drug-likeness (QED) is 0.847. The molecule has 2 aromatic rings. The van der Waals surface area contributed by atoms with Gasteiger partial charge in [-0.2, -0.15) is 0 Å². The molecule has 1 aliphatic heterocycles. The molecular formula is C15H15NO. The van der Waals surface area contributed by atoms with Crippen LogP contribution in [0.2, 0.25) is 0 Å². The Hall–Kier alpha value is -1.80. The van der Waals surface area contributed by atoms with E-state index in [-0.39, 0.29) is 6.23 Å². The normalized spacial score (nSPS) is 18.2. The Morgan fingerprint density at radius 2 is 1.76 bits per heavy atom. The fraction of sp³-hybridized carbons (Fsp3) is 0.200. The average Bonchev–Trinajstić information content (AvgIpc) is 2.40. The third-order valence-electron chi connectivity index (χ3n) is 3.04. The minimum absolute atomic E-state index is 0.0762. The molecular weight excluding hydrogens is 210 g/mol. The molecule has 0 saturated carbocycles. The van der Waals surface area contributed by atoms with E-state index < -0.39 is 0 Å². The van der Waals surface area contributed by atoms with E-state index in [0.29, 0.717) is 6.61 Å². The predicted octanol–water partition coefficient (Wildman–Crippen LogP) is 3.20. The first-order valence-electron chi connectivity index (χ1n) is 5.92. The van der Waals surface area contributed by atoms with Crippen molar-refractivity contribution in [3.05, 3.63) is 65.7 Å². The molecule has 0 fully saturated rings. The number of para-hydroxylation sites is 1. The minimum atomic E-state index is 0.0762. The van der Waals surface area contributed by atoms with Crippen LogP contribution in [-0.2, 0) is 17.8 Å². The van der Waals surface area contributed by atoms with E-state index in [1.54, 1.807) is 0 Å². The Morgan fingerprint density at radius 3 is 2.65 bits per heavy atom. The molecule has 2 nitrogen and oxygen atoms in total. The van der Waals surface area contributed by atoms with E-state index in [9.17, 15) is 0 Å². The second-order valence-electron chi connectivity index (χ2n) is 4.29. The fourth-order valence-corrected chi connectivity index (χ4v) is 2.13. The van der Waals surface area contributed by atoms with Crippen molar-refractivity contribution < 1.29 is 4.74 Å². The van der Waals surface area contributed by atoms with Crippen molar-refractivity contribution >= 4 is 5.69 Å². The van der Waals surface area contributed by atoms with Crippen LogP contribution in [0.5, 0.6) is 0 Å². The first kappa shape index (κ1) is 10.4. The maximum atomic E-state index is 5.80. The van der Waals surface area contributed by atoms with Gasteiger partial charge in [-0.15, -0.1) is 0 Å². The third-order valence-corrected chi connectivity index (χ3v) is 3.04. The molecule has 1 unspecified atom stereocenters. The van der Waals surface area contributed by atoms with Crippen molar-refractivity contribution in [1.29, 1.82) is 0 Å². The molecule has 1 heterocycles. The third kappa shape index (κ3) is 2.32. The molecule has 86 valence electrons. The van der Waals surface area contributed by atoms with Gasteiger partial charge in [0.05, 0.1) is 6.61 Å². The van der Waals surface area contributed by atoms with E-state index in [2.05, 4.69) is 47.8 Å². The van der Waals surface area contributed by atoms with Crippen LogP contribution in [0.1, 0.15) is 11.1 Å². The highest BCUT2D eigenvalue weighted by Gasteiger charge is 2.17. The first-order valence-corrected chi connectivity index (χ1v) is 5.92. The highest BCUT2D eigenvalue weighted by Crippen LogP contribution is 2.23. The highest BCUT2D eigenvalue weighted by atomic mass is 16.5. The summed E-state index contributed by atoms with van der Waals surface area (Å²) >= 11 is 0. The van der Waals surface area contributed by atoms with Crippen LogP contribution in [0.25, 0.3) is 0 Å². The van der Waals surface area contributed by atoms with Crippen LogP contribution < -0.4 is 5.32 Å². The molecule has 1 atom stereocenters. The summed E-state index contributed by atoms with van der Waals surface area (Å²) < 4.78 is 5.80. The lowest BCUT2D eigenvalue weighted by Gasteiger charge is -2.27. The average molecular weight is 225 g/mol. The first-order chi connectivity index (χ1) is 8.42. The van der Waals surface area contributed by atoms with Crippen molar-refractivity contribution in [2.24, 2.45) is 0 Å². The highest BCUT2D eigenvalue weighted by molar-refractivity contribution is 5.52. The van der Waals surface area contributed by atoms with Crippen LogP contribution in [0.3, 0.4) is 0 Å². The molecule has 3 rings (SSSR count). The molecule has 0 saturated heterocycles. The zero-order valence-corrected chi connectivity index (χ0v) is 9.60. The number of hydrogen-bond acceptors (Lipinski definition) is 2. The van der Waals surface area contributed by atoms with Crippen molar-refractivity contribution in [2.75, 3.05) is 5.32 Å². The van der Waals surface area contributed by atoms with Crippen molar-refractivity contribution in [2.45, 2.75) is 19.3 Å². The molecule has 2 aromatic carbocycles. The number of benzene rings is 2. The maximum absolute atomic E-state index is 5.80. The summed E-state index contributed by atoms with van der Waals surface area (Å²) in [4.78, 5) is 0. The van der Waals surface area contributed by atoms with Crippen LogP contribution in [0, 0.1) is 0 Å². The van der Waals surface area contributed by atoms with Crippen LogP contribution in [0.15, 0.2) is 54.6 Å². The topological polar surface area (TPSA) is 21.3 Å². The van der Waals surface area contributed by atoms with Gasteiger partial charge in [-0.05, 0) is 11.6 Å². The molecule has 17 heavy (non-hydrogen) atoms. The summed E-state index contributed by atoms with van der Waals surface area (Å²) in [5, 5.41) is 3.42. The van der Waals surface area contributed by atoms with Crippen LogP contribution in [-0.4, -0.2) is 6.23 Å². The Kier molecular flexibility index (Phi) is 2.80. The molecule has 0 radical (unpaired) electrons. The van der Waals surface area contributed by atoms with E-state index in [4.69, 9.17) is 4.74 Å². The number of anilines is 1.